The van der Waals surface area contributed by atoms with Crippen molar-refractivity contribution in [3.63, 3.8) is 0 Å². The van der Waals surface area contributed by atoms with E-state index in [1.54, 1.807) is 0 Å². The second-order valence-corrected chi connectivity index (χ2v) is 7.08. The molecule has 0 saturated carbocycles. The van der Waals surface area contributed by atoms with Crippen LogP contribution in [0.25, 0.3) is 0 Å². The molecular formula is C16H18IO+. The Bertz CT molecular complexity index is 450. The lowest BCUT2D eigenvalue weighted by molar-refractivity contribution is -0.597. The largest absolute Gasteiger partial charge is 0.494 e. The fourth-order valence-corrected chi connectivity index (χ4v) is 3.74. The minimum absolute atomic E-state index is 0.0564. The standard InChI is InChI=1S/C16H18IO/c1-2-3-13-18-16-11-9-15(10-12-16)17-14-7-5-4-6-8-14/h4-12H,2-3,13H2,1H3/q+1. The predicted octanol–water partition coefficient (Wildman–Crippen LogP) is 0.994. The predicted molar refractivity (Wildman–Crippen MR) is 70.7 cm³/mol. The molecule has 2 aromatic rings. The van der Waals surface area contributed by atoms with E-state index in [1.165, 1.54) is 13.6 Å². The maximum absolute atomic E-state index is 5.66. The van der Waals surface area contributed by atoms with Crippen LogP contribution in [0.2, 0.25) is 0 Å². The smallest absolute Gasteiger partial charge is 0.357 e. The third kappa shape index (κ3) is 4.33. The van der Waals surface area contributed by atoms with E-state index in [0.717, 1.165) is 18.8 Å². The maximum atomic E-state index is 5.66. The van der Waals surface area contributed by atoms with Crippen molar-refractivity contribution in [3.05, 3.63) is 61.7 Å². The van der Waals surface area contributed by atoms with Crippen LogP contribution in [0.3, 0.4) is 0 Å². The number of hydrogen-bond donors (Lipinski definition) is 0. The molecule has 94 valence electrons. The molecule has 2 aromatic carbocycles. The summed E-state index contributed by atoms with van der Waals surface area (Å²) in [5, 5.41) is 0. The first-order valence-corrected chi connectivity index (χ1v) is 8.47. The first kappa shape index (κ1) is 13.4. The average Bonchev–Trinajstić information content (AvgIpc) is 2.42. The highest BCUT2D eigenvalue weighted by molar-refractivity contribution is 5.20. The van der Waals surface area contributed by atoms with Gasteiger partial charge in [0.05, 0.1) is 6.61 Å². The quantitative estimate of drug-likeness (QED) is 0.556. The van der Waals surface area contributed by atoms with Gasteiger partial charge in [-0.1, -0.05) is 31.5 Å². The highest BCUT2D eigenvalue weighted by Crippen LogP contribution is 2.08. The van der Waals surface area contributed by atoms with Gasteiger partial charge in [0.15, 0.2) is 7.14 Å². The van der Waals surface area contributed by atoms with E-state index in [-0.39, 0.29) is 21.2 Å². The Morgan fingerprint density at radius 1 is 0.889 bits per heavy atom. The van der Waals surface area contributed by atoms with Crippen LogP contribution in [0, 0.1) is 7.14 Å². The Morgan fingerprint density at radius 2 is 1.56 bits per heavy atom. The molecule has 1 nitrogen and oxygen atoms in total. The summed E-state index contributed by atoms with van der Waals surface area (Å²) in [5.74, 6) is 0.990. The Morgan fingerprint density at radius 3 is 2.22 bits per heavy atom. The Hall–Kier alpha value is -1.03. The molecular weight excluding hydrogens is 335 g/mol. The molecule has 0 aliphatic heterocycles. The number of benzene rings is 2. The van der Waals surface area contributed by atoms with Gasteiger partial charge in [0, 0.05) is 0 Å². The van der Waals surface area contributed by atoms with Crippen LogP contribution in [0.1, 0.15) is 19.8 Å². The zero-order valence-electron chi connectivity index (χ0n) is 10.6. The number of unbranched alkanes of at least 4 members (excludes halogenated alkanes) is 1. The number of ether oxygens (including phenoxy) is 1. The van der Waals surface area contributed by atoms with Gasteiger partial charge in [-0.05, 0) is 42.8 Å². The Balaban J connectivity index is 1.91. The summed E-state index contributed by atoms with van der Waals surface area (Å²) in [6, 6.07) is 19.3. The molecule has 0 radical (unpaired) electrons. The summed E-state index contributed by atoms with van der Waals surface area (Å²) in [7, 11) is 0. The summed E-state index contributed by atoms with van der Waals surface area (Å²) in [6.07, 6.45) is 2.30. The maximum Gasteiger partial charge on any atom is 0.357 e. The summed E-state index contributed by atoms with van der Waals surface area (Å²) < 4.78 is 8.55. The minimum Gasteiger partial charge on any atom is -0.494 e. The fraction of sp³-hybridized carbons (Fsp3) is 0.250. The van der Waals surface area contributed by atoms with Crippen LogP contribution < -0.4 is 25.9 Å². The zero-order valence-corrected chi connectivity index (χ0v) is 12.8. The third-order valence-corrected chi connectivity index (χ3v) is 5.22. The van der Waals surface area contributed by atoms with E-state index < -0.39 is 0 Å². The van der Waals surface area contributed by atoms with Gasteiger partial charge in [0.25, 0.3) is 0 Å². The van der Waals surface area contributed by atoms with Crippen LogP contribution in [0.15, 0.2) is 54.6 Å². The lowest BCUT2D eigenvalue weighted by Crippen LogP contribution is -3.61. The van der Waals surface area contributed by atoms with Crippen molar-refractivity contribution in [2.75, 3.05) is 6.61 Å². The second-order valence-electron chi connectivity index (χ2n) is 4.05. The molecule has 0 spiro atoms. The highest BCUT2D eigenvalue weighted by Gasteiger charge is 2.14. The molecule has 0 amide bonds. The molecule has 0 saturated heterocycles. The fourth-order valence-electron chi connectivity index (χ4n) is 1.53. The van der Waals surface area contributed by atoms with Gasteiger partial charge < -0.3 is 4.74 Å². The first-order valence-electron chi connectivity index (χ1n) is 6.31. The van der Waals surface area contributed by atoms with Gasteiger partial charge >= 0.3 is 21.2 Å². The van der Waals surface area contributed by atoms with E-state index in [0.29, 0.717) is 0 Å². The molecule has 2 rings (SSSR count). The monoisotopic (exact) mass is 353 g/mol. The molecule has 0 heterocycles. The van der Waals surface area contributed by atoms with E-state index >= 15 is 0 Å². The molecule has 0 bridgehead atoms. The van der Waals surface area contributed by atoms with Crippen molar-refractivity contribution < 1.29 is 25.9 Å². The van der Waals surface area contributed by atoms with Crippen molar-refractivity contribution in [2.24, 2.45) is 0 Å². The Kier molecular flexibility index (Phi) is 5.52. The van der Waals surface area contributed by atoms with Gasteiger partial charge in [-0.25, -0.2) is 0 Å². The Labute approximate surface area is 119 Å². The molecule has 18 heavy (non-hydrogen) atoms. The lowest BCUT2D eigenvalue weighted by Gasteiger charge is -2.03. The molecule has 0 aromatic heterocycles. The average molecular weight is 353 g/mol. The first-order chi connectivity index (χ1) is 8.88. The SMILES string of the molecule is CCCCOc1ccc([I+]c2ccccc2)cc1. The normalized spacial score (nSPS) is 10.3. The van der Waals surface area contributed by atoms with Crippen molar-refractivity contribution in [1.82, 2.24) is 0 Å². The number of rotatable bonds is 6. The van der Waals surface area contributed by atoms with E-state index in [1.807, 2.05) is 0 Å². The number of hydrogen-bond acceptors (Lipinski definition) is 1. The molecule has 0 aliphatic carbocycles. The zero-order chi connectivity index (χ0) is 12.6. The van der Waals surface area contributed by atoms with Crippen molar-refractivity contribution in [2.45, 2.75) is 19.8 Å². The van der Waals surface area contributed by atoms with Crippen molar-refractivity contribution in [3.8, 4) is 5.75 Å². The third-order valence-electron chi connectivity index (χ3n) is 2.53. The van der Waals surface area contributed by atoms with Gasteiger partial charge in [-0.3, -0.25) is 0 Å². The van der Waals surface area contributed by atoms with Gasteiger partial charge in [-0.15, -0.1) is 0 Å². The van der Waals surface area contributed by atoms with Gasteiger partial charge in [0.2, 0.25) is 0 Å². The van der Waals surface area contributed by atoms with E-state index in [2.05, 4.69) is 61.5 Å². The highest BCUT2D eigenvalue weighted by atomic mass is 127. The van der Waals surface area contributed by atoms with Crippen LogP contribution in [-0.2, 0) is 0 Å². The molecule has 0 fully saturated rings. The van der Waals surface area contributed by atoms with Gasteiger partial charge in [0.1, 0.15) is 5.75 Å². The molecule has 0 unspecified atom stereocenters. The van der Waals surface area contributed by atoms with Crippen LogP contribution in [0.5, 0.6) is 5.75 Å². The summed E-state index contributed by atoms with van der Waals surface area (Å²) in [6.45, 7) is 3.00. The van der Waals surface area contributed by atoms with Crippen molar-refractivity contribution >= 4 is 0 Å². The molecule has 0 N–H and O–H groups in total. The molecule has 2 heteroatoms. The summed E-state index contributed by atoms with van der Waals surface area (Å²) >= 11 is -0.0564. The lowest BCUT2D eigenvalue weighted by atomic mass is 10.3. The summed E-state index contributed by atoms with van der Waals surface area (Å²) in [5.41, 5.74) is 0. The van der Waals surface area contributed by atoms with Crippen LogP contribution >= 0.6 is 0 Å². The topological polar surface area (TPSA) is 9.23 Å². The van der Waals surface area contributed by atoms with E-state index in [4.69, 9.17) is 4.74 Å². The minimum atomic E-state index is -0.0564. The number of halogens is 1. The van der Waals surface area contributed by atoms with Crippen molar-refractivity contribution in [1.29, 1.82) is 0 Å². The molecule has 0 atom stereocenters. The second kappa shape index (κ2) is 7.41. The molecule has 0 aliphatic rings. The van der Waals surface area contributed by atoms with Crippen LogP contribution in [-0.4, -0.2) is 6.61 Å². The summed E-state index contributed by atoms with van der Waals surface area (Å²) in [4.78, 5) is 0. The van der Waals surface area contributed by atoms with Gasteiger partial charge in [-0.2, -0.15) is 0 Å². The van der Waals surface area contributed by atoms with Crippen LogP contribution in [0.4, 0.5) is 0 Å². The van der Waals surface area contributed by atoms with E-state index in [9.17, 15) is 0 Å².